The number of hydrogen-bond acceptors (Lipinski definition) is 4. The summed E-state index contributed by atoms with van der Waals surface area (Å²) in [5, 5.41) is 11.6. The normalized spacial score (nSPS) is 13.8. The van der Waals surface area contributed by atoms with Gasteiger partial charge in [-0.3, -0.25) is 9.63 Å². The van der Waals surface area contributed by atoms with Gasteiger partial charge in [-0.2, -0.15) is 0 Å². The fourth-order valence-corrected chi connectivity index (χ4v) is 1.96. The standard InChI is InChI=1S/C12H14N2O4/c15-11(16)7-18-14-12(17)10-3-1-2-8-6-13-5-4-9(8)10/h1-3,13H,4-7H2,(H,14,17)(H,15,16). The van der Waals surface area contributed by atoms with E-state index in [9.17, 15) is 9.59 Å². The number of benzene rings is 1. The molecule has 0 bridgehead atoms. The van der Waals surface area contributed by atoms with Crippen molar-refractivity contribution >= 4 is 11.9 Å². The minimum absolute atomic E-state index is 0.407. The number of hydrogen-bond donors (Lipinski definition) is 3. The van der Waals surface area contributed by atoms with E-state index in [1.54, 1.807) is 12.1 Å². The molecule has 1 aromatic rings. The molecule has 18 heavy (non-hydrogen) atoms. The topological polar surface area (TPSA) is 87.7 Å². The molecule has 1 aliphatic heterocycles. The van der Waals surface area contributed by atoms with Gasteiger partial charge in [-0.05, 0) is 30.2 Å². The number of rotatable bonds is 4. The number of carbonyl (C=O) groups excluding carboxylic acids is 1. The first-order valence-corrected chi connectivity index (χ1v) is 5.64. The summed E-state index contributed by atoms with van der Waals surface area (Å²) in [5.41, 5.74) is 4.76. The van der Waals surface area contributed by atoms with Crippen LogP contribution in [-0.2, 0) is 22.6 Å². The minimum atomic E-state index is -1.13. The van der Waals surface area contributed by atoms with E-state index in [1.165, 1.54) is 0 Å². The van der Waals surface area contributed by atoms with Crippen LogP contribution in [0.3, 0.4) is 0 Å². The molecule has 2 rings (SSSR count). The number of amides is 1. The molecule has 3 N–H and O–H groups in total. The van der Waals surface area contributed by atoms with Crippen LogP contribution in [0.15, 0.2) is 18.2 Å². The Labute approximate surface area is 104 Å². The number of hydroxylamine groups is 1. The maximum Gasteiger partial charge on any atom is 0.332 e. The zero-order valence-corrected chi connectivity index (χ0v) is 9.73. The van der Waals surface area contributed by atoms with Gasteiger partial charge in [-0.1, -0.05) is 12.1 Å². The number of carboxylic acid groups (broad SMARTS) is 1. The van der Waals surface area contributed by atoms with Crippen LogP contribution in [0.1, 0.15) is 21.5 Å². The third-order valence-corrected chi connectivity index (χ3v) is 2.75. The highest BCUT2D eigenvalue weighted by atomic mass is 16.7. The van der Waals surface area contributed by atoms with Crippen molar-refractivity contribution in [1.29, 1.82) is 0 Å². The molecular formula is C12H14N2O4. The van der Waals surface area contributed by atoms with Crippen LogP contribution in [0.5, 0.6) is 0 Å². The van der Waals surface area contributed by atoms with Gasteiger partial charge < -0.3 is 10.4 Å². The lowest BCUT2D eigenvalue weighted by molar-refractivity contribution is -0.144. The fraction of sp³-hybridized carbons (Fsp3) is 0.333. The maximum atomic E-state index is 11.8. The molecule has 1 heterocycles. The Morgan fingerprint density at radius 3 is 3.06 bits per heavy atom. The smallest absolute Gasteiger partial charge is 0.332 e. The molecule has 1 aromatic carbocycles. The highest BCUT2D eigenvalue weighted by molar-refractivity contribution is 5.95. The first kappa shape index (κ1) is 12.5. The van der Waals surface area contributed by atoms with E-state index in [1.807, 2.05) is 6.07 Å². The average molecular weight is 250 g/mol. The zero-order valence-electron chi connectivity index (χ0n) is 9.73. The van der Waals surface area contributed by atoms with Crippen LogP contribution >= 0.6 is 0 Å². The highest BCUT2D eigenvalue weighted by Crippen LogP contribution is 2.18. The molecule has 1 aliphatic rings. The van der Waals surface area contributed by atoms with Crippen LogP contribution in [0.25, 0.3) is 0 Å². The lowest BCUT2D eigenvalue weighted by Gasteiger charge is -2.19. The predicted octanol–water partition coefficient (Wildman–Crippen LogP) is 0.0783. The maximum absolute atomic E-state index is 11.8. The van der Waals surface area contributed by atoms with Crippen LogP contribution in [0.4, 0.5) is 0 Å². The minimum Gasteiger partial charge on any atom is -0.479 e. The summed E-state index contributed by atoms with van der Waals surface area (Å²) in [6.07, 6.45) is 0.776. The Bertz CT molecular complexity index is 473. The SMILES string of the molecule is O=C(O)CONC(=O)c1cccc2c1CCNC2. The van der Waals surface area contributed by atoms with E-state index in [2.05, 4.69) is 15.6 Å². The molecule has 1 amide bonds. The number of aliphatic carboxylic acids is 1. The van der Waals surface area contributed by atoms with Gasteiger partial charge in [-0.15, -0.1) is 0 Å². The Morgan fingerprint density at radius 2 is 2.28 bits per heavy atom. The molecule has 96 valence electrons. The average Bonchev–Trinajstić information content (AvgIpc) is 2.37. The van der Waals surface area contributed by atoms with E-state index in [0.717, 1.165) is 30.6 Å². The van der Waals surface area contributed by atoms with E-state index in [0.29, 0.717) is 5.56 Å². The molecule has 6 heteroatoms. The van der Waals surface area contributed by atoms with Crippen molar-refractivity contribution in [2.24, 2.45) is 0 Å². The Hall–Kier alpha value is -1.92. The lowest BCUT2D eigenvalue weighted by atomic mass is 9.95. The molecule has 0 spiro atoms. The summed E-state index contributed by atoms with van der Waals surface area (Å²) in [6.45, 7) is 1.02. The summed E-state index contributed by atoms with van der Waals surface area (Å²) in [4.78, 5) is 26.7. The van der Waals surface area contributed by atoms with Crippen molar-refractivity contribution in [3.63, 3.8) is 0 Å². The molecule has 0 unspecified atom stereocenters. The Balaban J connectivity index is 2.08. The number of fused-ring (bicyclic) bond motifs is 1. The summed E-state index contributed by atoms with van der Waals surface area (Å²) in [7, 11) is 0. The predicted molar refractivity (Wildman–Crippen MR) is 62.9 cm³/mol. The number of nitrogens with one attached hydrogen (secondary N) is 2. The van der Waals surface area contributed by atoms with Gasteiger partial charge >= 0.3 is 5.97 Å². The molecule has 0 fully saturated rings. The van der Waals surface area contributed by atoms with E-state index >= 15 is 0 Å². The van der Waals surface area contributed by atoms with Crippen molar-refractivity contribution < 1.29 is 19.5 Å². The van der Waals surface area contributed by atoms with Crippen LogP contribution in [0, 0.1) is 0 Å². The van der Waals surface area contributed by atoms with Crippen LogP contribution < -0.4 is 10.8 Å². The van der Waals surface area contributed by atoms with Crippen molar-refractivity contribution in [3.05, 3.63) is 34.9 Å². The highest BCUT2D eigenvalue weighted by Gasteiger charge is 2.17. The van der Waals surface area contributed by atoms with Crippen molar-refractivity contribution in [2.45, 2.75) is 13.0 Å². The fourth-order valence-electron chi connectivity index (χ4n) is 1.96. The van der Waals surface area contributed by atoms with Crippen molar-refractivity contribution in [2.75, 3.05) is 13.2 Å². The van der Waals surface area contributed by atoms with Gasteiger partial charge in [0.05, 0.1) is 0 Å². The Morgan fingerprint density at radius 1 is 1.44 bits per heavy atom. The van der Waals surface area contributed by atoms with Gasteiger partial charge in [0, 0.05) is 12.1 Å². The second-order valence-corrected chi connectivity index (χ2v) is 3.98. The molecule has 0 saturated carbocycles. The Kier molecular flexibility index (Phi) is 3.91. The second kappa shape index (κ2) is 5.61. The van der Waals surface area contributed by atoms with Crippen LogP contribution in [0.2, 0.25) is 0 Å². The number of carboxylic acids is 1. The molecule has 0 aromatic heterocycles. The van der Waals surface area contributed by atoms with Gasteiger partial charge in [0.1, 0.15) is 0 Å². The van der Waals surface area contributed by atoms with Gasteiger partial charge in [0.2, 0.25) is 0 Å². The first-order valence-electron chi connectivity index (χ1n) is 5.64. The second-order valence-electron chi connectivity index (χ2n) is 3.98. The summed E-state index contributed by atoms with van der Waals surface area (Å²) >= 11 is 0. The molecule has 0 aliphatic carbocycles. The third kappa shape index (κ3) is 2.85. The van der Waals surface area contributed by atoms with Gasteiger partial charge in [0.25, 0.3) is 5.91 Å². The molecule has 0 atom stereocenters. The summed E-state index contributed by atoms with van der Waals surface area (Å²) in [5.74, 6) is -1.54. The van der Waals surface area contributed by atoms with Gasteiger partial charge in [-0.25, -0.2) is 10.3 Å². The van der Waals surface area contributed by atoms with E-state index < -0.39 is 18.5 Å². The zero-order chi connectivity index (χ0) is 13.0. The van der Waals surface area contributed by atoms with Crippen molar-refractivity contribution in [3.8, 4) is 0 Å². The summed E-state index contributed by atoms with van der Waals surface area (Å²) < 4.78 is 0. The lowest BCUT2D eigenvalue weighted by Crippen LogP contribution is -2.30. The van der Waals surface area contributed by atoms with Crippen molar-refractivity contribution in [1.82, 2.24) is 10.8 Å². The van der Waals surface area contributed by atoms with Gasteiger partial charge in [0.15, 0.2) is 6.61 Å². The third-order valence-electron chi connectivity index (χ3n) is 2.75. The molecule has 0 saturated heterocycles. The molecule has 6 nitrogen and oxygen atoms in total. The quantitative estimate of drug-likeness (QED) is 0.659. The summed E-state index contributed by atoms with van der Waals surface area (Å²) in [6, 6.07) is 5.48. The number of carbonyl (C=O) groups is 2. The monoisotopic (exact) mass is 250 g/mol. The van der Waals surface area contributed by atoms with Crippen LogP contribution in [-0.4, -0.2) is 30.1 Å². The first-order chi connectivity index (χ1) is 8.68. The molecular weight excluding hydrogens is 236 g/mol. The van der Waals surface area contributed by atoms with E-state index in [-0.39, 0.29) is 0 Å². The largest absolute Gasteiger partial charge is 0.479 e. The molecule has 0 radical (unpaired) electrons. The van der Waals surface area contributed by atoms with E-state index in [4.69, 9.17) is 5.11 Å².